The van der Waals surface area contributed by atoms with Crippen LogP contribution in [-0.4, -0.2) is 43.3 Å². The molecule has 2 aromatic rings. The topological polar surface area (TPSA) is 40.6 Å². The van der Waals surface area contributed by atoms with Crippen molar-refractivity contribution >= 4 is 48.6 Å². The molecule has 24 heavy (non-hydrogen) atoms. The van der Waals surface area contributed by atoms with Crippen molar-refractivity contribution in [1.82, 2.24) is 9.21 Å². The second kappa shape index (κ2) is 6.81. The van der Waals surface area contributed by atoms with Gasteiger partial charge in [0.05, 0.1) is 3.79 Å². The third-order valence-electron chi connectivity index (χ3n) is 4.92. The molecule has 0 radical (unpaired) electrons. The van der Waals surface area contributed by atoms with Crippen molar-refractivity contribution in [2.24, 2.45) is 0 Å². The van der Waals surface area contributed by atoms with Gasteiger partial charge in [-0.15, -0.1) is 22.7 Å². The first-order chi connectivity index (χ1) is 11.5. The minimum absolute atomic E-state index is 0.439. The van der Waals surface area contributed by atoms with Crippen molar-refractivity contribution in [3.63, 3.8) is 0 Å². The number of thiophene rings is 2. The van der Waals surface area contributed by atoms with E-state index in [0.29, 0.717) is 23.3 Å². The standard InChI is InChI=1S/C16H19BrN2O2S3/c17-15-1-2-16(23-15)24(20,21)19-8-3-13(4-9-19)18-7-5-14-12(11-18)6-10-22-14/h1-2,6,10,13H,3-5,7-9,11H2. The van der Waals surface area contributed by atoms with Crippen LogP contribution < -0.4 is 0 Å². The van der Waals surface area contributed by atoms with E-state index in [9.17, 15) is 8.42 Å². The van der Waals surface area contributed by atoms with E-state index in [0.717, 1.165) is 36.1 Å². The largest absolute Gasteiger partial charge is 0.296 e. The van der Waals surface area contributed by atoms with Gasteiger partial charge < -0.3 is 0 Å². The number of hydrogen-bond donors (Lipinski definition) is 0. The molecule has 4 rings (SSSR count). The summed E-state index contributed by atoms with van der Waals surface area (Å²) in [6.07, 6.45) is 2.98. The predicted molar refractivity (Wildman–Crippen MR) is 102 cm³/mol. The molecular weight excluding hydrogens is 428 g/mol. The highest BCUT2D eigenvalue weighted by Crippen LogP contribution is 2.32. The number of nitrogens with zero attached hydrogens (tertiary/aromatic N) is 2. The maximum Gasteiger partial charge on any atom is 0.252 e. The predicted octanol–water partition coefficient (Wildman–Crippen LogP) is 3.78. The van der Waals surface area contributed by atoms with E-state index >= 15 is 0 Å². The molecule has 1 saturated heterocycles. The molecule has 0 aliphatic carbocycles. The van der Waals surface area contributed by atoms with Gasteiger partial charge in [-0.2, -0.15) is 4.31 Å². The molecule has 2 aliphatic rings. The lowest BCUT2D eigenvalue weighted by molar-refractivity contribution is 0.127. The maximum absolute atomic E-state index is 12.7. The zero-order valence-corrected chi connectivity index (χ0v) is 17.2. The third-order valence-corrected chi connectivity index (χ3v) is 9.93. The minimum Gasteiger partial charge on any atom is -0.296 e. The Kier molecular flexibility index (Phi) is 4.88. The van der Waals surface area contributed by atoms with Gasteiger partial charge in [0.2, 0.25) is 0 Å². The van der Waals surface area contributed by atoms with Gasteiger partial charge >= 0.3 is 0 Å². The highest BCUT2D eigenvalue weighted by atomic mass is 79.9. The molecule has 4 nitrogen and oxygen atoms in total. The van der Waals surface area contributed by atoms with Gasteiger partial charge in [0.25, 0.3) is 10.0 Å². The Bertz CT molecular complexity index is 822. The molecule has 0 unspecified atom stereocenters. The van der Waals surface area contributed by atoms with Crippen LogP contribution in [0.25, 0.3) is 0 Å². The van der Waals surface area contributed by atoms with Crippen LogP contribution in [-0.2, 0) is 23.0 Å². The zero-order valence-electron chi connectivity index (χ0n) is 13.2. The summed E-state index contributed by atoms with van der Waals surface area (Å²) >= 11 is 6.50. The Hall–Kier alpha value is -0.250. The van der Waals surface area contributed by atoms with Crippen LogP contribution in [0.2, 0.25) is 0 Å². The molecule has 0 spiro atoms. The number of rotatable bonds is 3. The van der Waals surface area contributed by atoms with Crippen molar-refractivity contribution in [3.05, 3.63) is 37.8 Å². The molecule has 2 aromatic heterocycles. The van der Waals surface area contributed by atoms with Crippen molar-refractivity contribution in [2.75, 3.05) is 19.6 Å². The molecule has 130 valence electrons. The molecule has 1 fully saturated rings. The molecule has 8 heteroatoms. The fourth-order valence-corrected chi connectivity index (χ4v) is 8.12. The first-order valence-corrected chi connectivity index (χ1v) is 12.0. The average Bonchev–Trinajstić information content (AvgIpc) is 3.23. The molecule has 4 heterocycles. The van der Waals surface area contributed by atoms with E-state index in [1.165, 1.54) is 21.8 Å². The number of piperidine rings is 1. The monoisotopic (exact) mass is 446 g/mol. The second-order valence-electron chi connectivity index (χ2n) is 6.28. The summed E-state index contributed by atoms with van der Waals surface area (Å²) in [7, 11) is -3.33. The van der Waals surface area contributed by atoms with Gasteiger partial charge in [0.15, 0.2) is 0 Å². The SMILES string of the molecule is O=S(=O)(c1ccc(Br)s1)N1CCC(N2CCc3sccc3C2)CC1. The van der Waals surface area contributed by atoms with Crippen molar-refractivity contribution in [3.8, 4) is 0 Å². The van der Waals surface area contributed by atoms with Gasteiger partial charge in [-0.3, -0.25) is 4.90 Å². The van der Waals surface area contributed by atoms with Crippen LogP contribution in [0.4, 0.5) is 0 Å². The normalized spacial score (nSPS) is 21.0. The van der Waals surface area contributed by atoms with Gasteiger partial charge in [-0.25, -0.2) is 8.42 Å². The van der Waals surface area contributed by atoms with Crippen LogP contribution in [0.3, 0.4) is 0 Å². The quantitative estimate of drug-likeness (QED) is 0.719. The van der Waals surface area contributed by atoms with Gasteiger partial charge in [-0.1, -0.05) is 0 Å². The van der Waals surface area contributed by atoms with E-state index < -0.39 is 10.0 Å². The van der Waals surface area contributed by atoms with Gasteiger partial charge in [0.1, 0.15) is 4.21 Å². The van der Waals surface area contributed by atoms with Crippen LogP contribution >= 0.6 is 38.6 Å². The van der Waals surface area contributed by atoms with Crippen LogP contribution in [0.15, 0.2) is 31.6 Å². The van der Waals surface area contributed by atoms with Crippen LogP contribution in [0.1, 0.15) is 23.3 Å². The first kappa shape index (κ1) is 17.2. The molecule has 0 saturated carbocycles. The summed E-state index contributed by atoms with van der Waals surface area (Å²) in [4.78, 5) is 4.07. The van der Waals surface area contributed by atoms with Crippen molar-refractivity contribution in [2.45, 2.75) is 36.1 Å². The summed E-state index contributed by atoms with van der Waals surface area (Å²) in [5.41, 5.74) is 1.46. The number of halogens is 1. The number of fused-ring (bicyclic) bond motifs is 1. The van der Waals surface area contributed by atoms with E-state index in [2.05, 4.69) is 32.3 Å². The summed E-state index contributed by atoms with van der Waals surface area (Å²) in [6.45, 7) is 3.36. The van der Waals surface area contributed by atoms with Crippen molar-refractivity contribution < 1.29 is 8.42 Å². The fraction of sp³-hybridized carbons (Fsp3) is 0.500. The number of hydrogen-bond acceptors (Lipinski definition) is 5. The van der Waals surface area contributed by atoms with E-state index in [4.69, 9.17) is 0 Å². The second-order valence-corrected chi connectivity index (χ2v) is 11.9. The molecule has 0 N–H and O–H groups in total. The Balaban J connectivity index is 1.40. The highest BCUT2D eigenvalue weighted by molar-refractivity contribution is 9.11. The van der Waals surface area contributed by atoms with Gasteiger partial charge in [-0.05, 0) is 64.3 Å². The molecule has 0 aromatic carbocycles. The number of sulfonamides is 1. The smallest absolute Gasteiger partial charge is 0.252 e. The molecule has 0 amide bonds. The van der Waals surface area contributed by atoms with E-state index in [-0.39, 0.29) is 0 Å². The van der Waals surface area contributed by atoms with E-state index in [1.54, 1.807) is 16.4 Å². The summed E-state index contributed by atoms with van der Waals surface area (Å²) in [5, 5.41) is 2.18. The Morgan fingerprint density at radius 3 is 2.62 bits per heavy atom. The van der Waals surface area contributed by atoms with Crippen molar-refractivity contribution in [1.29, 1.82) is 0 Å². The summed E-state index contributed by atoms with van der Waals surface area (Å²) in [5.74, 6) is 0. The maximum atomic E-state index is 12.7. The molecule has 0 bridgehead atoms. The van der Waals surface area contributed by atoms with Crippen LogP contribution in [0.5, 0.6) is 0 Å². The van der Waals surface area contributed by atoms with E-state index in [1.807, 2.05) is 11.3 Å². The first-order valence-electron chi connectivity index (χ1n) is 8.09. The molecular formula is C16H19BrN2O2S3. The molecule has 2 aliphatic heterocycles. The zero-order chi connectivity index (χ0) is 16.7. The lowest BCUT2D eigenvalue weighted by Crippen LogP contribution is -2.47. The minimum atomic E-state index is -3.33. The lowest BCUT2D eigenvalue weighted by Gasteiger charge is -2.39. The fourth-order valence-electron chi connectivity index (χ4n) is 3.59. The van der Waals surface area contributed by atoms with Gasteiger partial charge in [0, 0.05) is 37.1 Å². The Labute approximate surface area is 159 Å². The Morgan fingerprint density at radius 2 is 1.92 bits per heavy atom. The Morgan fingerprint density at radius 1 is 1.12 bits per heavy atom. The highest BCUT2D eigenvalue weighted by Gasteiger charge is 2.33. The molecule has 0 atom stereocenters. The van der Waals surface area contributed by atoms with Crippen LogP contribution in [0, 0.1) is 0 Å². The summed E-state index contributed by atoms with van der Waals surface area (Å²) < 4.78 is 28.4. The summed E-state index contributed by atoms with van der Waals surface area (Å²) in [6, 6.07) is 6.23. The average molecular weight is 447 g/mol. The third kappa shape index (κ3) is 3.24. The lowest BCUT2D eigenvalue weighted by atomic mass is 10.0.